The van der Waals surface area contributed by atoms with Crippen LogP contribution in [0, 0.1) is 12.8 Å². The van der Waals surface area contributed by atoms with E-state index in [0.29, 0.717) is 19.6 Å². The molecule has 0 radical (unpaired) electrons. The molecule has 0 heterocycles. The SMILES string of the molecule is Cc1cccc(COc2cccc(CC(=O)NCC(C)CO)c2)c1. The van der Waals surface area contributed by atoms with Crippen molar-refractivity contribution >= 4 is 5.91 Å². The number of hydrogen-bond donors (Lipinski definition) is 2. The third-order valence-corrected chi connectivity index (χ3v) is 3.71. The molecule has 2 aromatic rings. The van der Waals surface area contributed by atoms with Crippen LogP contribution in [0.25, 0.3) is 0 Å². The Balaban J connectivity index is 1.88. The van der Waals surface area contributed by atoms with Crippen LogP contribution in [0.1, 0.15) is 23.6 Å². The van der Waals surface area contributed by atoms with E-state index in [1.807, 2.05) is 43.3 Å². The van der Waals surface area contributed by atoms with E-state index < -0.39 is 0 Å². The standard InChI is InChI=1S/C20H25NO3/c1-15-5-3-7-18(9-15)14-24-19-8-4-6-17(10-19)11-20(23)21-12-16(2)13-22/h3-10,16,22H,11-14H2,1-2H3,(H,21,23). The van der Waals surface area contributed by atoms with Gasteiger partial charge in [-0.15, -0.1) is 0 Å². The maximum atomic E-state index is 11.9. The first-order valence-electron chi connectivity index (χ1n) is 8.21. The average Bonchev–Trinajstić information content (AvgIpc) is 2.58. The number of amides is 1. The van der Waals surface area contributed by atoms with Gasteiger partial charge in [-0.2, -0.15) is 0 Å². The molecule has 1 unspecified atom stereocenters. The van der Waals surface area contributed by atoms with Crippen molar-refractivity contribution in [3.05, 3.63) is 65.2 Å². The summed E-state index contributed by atoms with van der Waals surface area (Å²) in [7, 11) is 0. The Kier molecular flexibility index (Phi) is 6.82. The van der Waals surface area contributed by atoms with Crippen molar-refractivity contribution in [2.45, 2.75) is 26.9 Å². The zero-order chi connectivity index (χ0) is 17.4. The van der Waals surface area contributed by atoms with Crippen LogP contribution in [0.5, 0.6) is 5.75 Å². The second kappa shape index (κ2) is 9.08. The number of carbonyl (C=O) groups is 1. The second-order valence-electron chi connectivity index (χ2n) is 6.19. The van der Waals surface area contributed by atoms with Crippen molar-refractivity contribution in [3.8, 4) is 5.75 Å². The lowest BCUT2D eigenvalue weighted by molar-refractivity contribution is -0.120. The van der Waals surface area contributed by atoms with Crippen molar-refractivity contribution in [2.75, 3.05) is 13.2 Å². The van der Waals surface area contributed by atoms with Gasteiger partial charge in [0.25, 0.3) is 0 Å². The van der Waals surface area contributed by atoms with E-state index in [4.69, 9.17) is 9.84 Å². The van der Waals surface area contributed by atoms with Crippen LogP contribution in [0.2, 0.25) is 0 Å². The Hall–Kier alpha value is -2.33. The molecule has 0 saturated heterocycles. The molecule has 0 aromatic heterocycles. The number of hydrogen-bond acceptors (Lipinski definition) is 3. The van der Waals surface area contributed by atoms with E-state index >= 15 is 0 Å². The molecule has 0 aliphatic rings. The highest BCUT2D eigenvalue weighted by atomic mass is 16.5. The number of aliphatic hydroxyl groups excluding tert-OH is 1. The van der Waals surface area contributed by atoms with Crippen LogP contribution in [-0.2, 0) is 17.8 Å². The van der Waals surface area contributed by atoms with E-state index in [0.717, 1.165) is 16.9 Å². The number of nitrogens with one attached hydrogen (secondary N) is 1. The third-order valence-electron chi connectivity index (χ3n) is 3.71. The van der Waals surface area contributed by atoms with Crippen molar-refractivity contribution < 1.29 is 14.6 Å². The smallest absolute Gasteiger partial charge is 0.224 e. The van der Waals surface area contributed by atoms with Gasteiger partial charge in [0, 0.05) is 13.2 Å². The number of ether oxygens (including phenoxy) is 1. The molecule has 2 aromatic carbocycles. The van der Waals surface area contributed by atoms with Crippen molar-refractivity contribution in [2.24, 2.45) is 5.92 Å². The lowest BCUT2D eigenvalue weighted by atomic mass is 10.1. The Labute approximate surface area is 143 Å². The molecule has 0 bridgehead atoms. The van der Waals surface area contributed by atoms with Crippen LogP contribution in [-0.4, -0.2) is 24.2 Å². The average molecular weight is 327 g/mol. The van der Waals surface area contributed by atoms with Crippen LogP contribution in [0.15, 0.2) is 48.5 Å². The first kappa shape index (κ1) is 18.0. The summed E-state index contributed by atoms with van der Waals surface area (Å²) in [5.74, 6) is 0.773. The molecule has 1 atom stereocenters. The normalized spacial score (nSPS) is 11.8. The summed E-state index contributed by atoms with van der Waals surface area (Å²) in [6, 6.07) is 15.8. The summed E-state index contributed by atoms with van der Waals surface area (Å²) in [5.41, 5.74) is 3.24. The number of rotatable bonds is 8. The predicted octanol–water partition coefficient (Wildman–Crippen LogP) is 2.86. The van der Waals surface area contributed by atoms with Crippen LogP contribution in [0.3, 0.4) is 0 Å². The molecular formula is C20H25NO3. The maximum Gasteiger partial charge on any atom is 0.224 e. The Morgan fingerprint density at radius 3 is 2.67 bits per heavy atom. The van der Waals surface area contributed by atoms with Gasteiger partial charge in [0.1, 0.15) is 12.4 Å². The highest BCUT2D eigenvalue weighted by Crippen LogP contribution is 2.16. The van der Waals surface area contributed by atoms with Gasteiger partial charge in [-0.05, 0) is 36.1 Å². The Morgan fingerprint density at radius 2 is 1.92 bits per heavy atom. The first-order chi connectivity index (χ1) is 11.6. The quantitative estimate of drug-likeness (QED) is 0.784. The van der Waals surface area contributed by atoms with E-state index in [1.165, 1.54) is 5.56 Å². The molecule has 0 saturated carbocycles. The molecular weight excluding hydrogens is 302 g/mol. The van der Waals surface area contributed by atoms with Gasteiger partial charge in [0.05, 0.1) is 6.42 Å². The minimum absolute atomic E-state index is 0.0499. The first-order valence-corrected chi connectivity index (χ1v) is 8.21. The molecule has 2 N–H and O–H groups in total. The molecule has 1 amide bonds. The zero-order valence-corrected chi connectivity index (χ0v) is 14.3. The molecule has 4 nitrogen and oxygen atoms in total. The molecule has 0 aliphatic carbocycles. The molecule has 0 aliphatic heterocycles. The van der Waals surface area contributed by atoms with Gasteiger partial charge in [-0.25, -0.2) is 0 Å². The highest BCUT2D eigenvalue weighted by molar-refractivity contribution is 5.78. The fraction of sp³-hybridized carbons (Fsp3) is 0.350. The van der Waals surface area contributed by atoms with Crippen molar-refractivity contribution in [3.63, 3.8) is 0 Å². The van der Waals surface area contributed by atoms with Crippen molar-refractivity contribution in [1.82, 2.24) is 5.32 Å². The lowest BCUT2D eigenvalue weighted by Crippen LogP contribution is -2.30. The summed E-state index contributed by atoms with van der Waals surface area (Å²) in [5, 5.41) is 11.8. The summed E-state index contributed by atoms with van der Waals surface area (Å²) >= 11 is 0. The number of aliphatic hydroxyl groups is 1. The molecule has 128 valence electrons. The number of benzene rings is 2. The summed E-state index contributed by atoms with van der Waals surface area (Å²) in [4.78, 5) is 11.9. The maximum absolute atomic E-state index is 11.9. The molecule has 0 spiro atoms. The topological polar surface area (TPSA) is 58.6 Å². The van der Waals surface area contributed by atoms with Crippen LogP contribution < -0.4 is 10.1 Å². The van der Waals surface area contributed by atoms with Gasteiger partial charge < -0.3 is 15.2 Å². The molecule has 24 heavy (non-hydrogen) atoms. The van der Waals surface area contributed by atoms with Gasteiger partial charge in [-0.3, -0.25) is 4.79 Å². The second-order valence-corrected chi connectivity index (χ2v) is 6.19. The summed E-state index contributed by atoms with van der Waals surface area (Å²) < 4.78 is 5.82. The summed E-state index contributed by atoms with van der Waals surface area (Å²) in [6.07, 6.45) is 0.305. The fourth-order valence-corrected chi connectivity index (χ4v) is 2.31. The van der Waals surface area contributed by atoms with E-state index in [-0.39, 0.29) is 18.4 Å². The van der Waals surface area contributed by atoms with Gasteiger partial charge in [0.15, 0.2) is 0 Å². The Morgan fingerprint density at radius 1 is 1.17 bits per heavy atom. The number of carbonyl (C=O) groups excluding carboxylic acids is 1. The third kappa shape index (κ3) is 6.05. The lowest BCUT2D eigenvalue weighted by Gasteiger charge is -2.11. The van der Waals surface area contributed by atoms with Crippen LogP contribution in [0.4, 0.5) is 0 Å². The predicted molar refractivity (Wildman–Crippen MR) is 94.9 cm³/mol. The van der Waals surface area contributed by atoms with Crippen LogP contribution >= 0.6 is 0 Å². The highest BCUT2D eigenvalue weighted by Gasteiger charge is 2.07. The fourth-order valence-electron chi connectivity index (χ4n) is 2.31. The van der Waals surface area contributed by atoms with Gasteiger partial charge in [0.2, 0.25) is 5.91 Å². The minimum Gasteiger partial charge on any atom is -0.489 e. The number of aryl methyl sites for hydroxylation is 1. The Bertz CT molecular complexity index is 669. The minimum atomic E-state index is -0.0499. The largest absolute Gasteiger partial charge is 0.489 e. The van der Waals surface area contributed by atoms with E-state index in [1.54, 1.807) is 0 Å². The van der Waals surface area contributed by atoms with E-state index in [2.05, 4.69) is 24.4 Å². The monoisotopic (exact) mass is 327 g/mol. The molecule has 0 fully saturated rings. The van der Waals surface area contributed by atoms with Gasteiger partial charge in [-0.1, -0.05) is 48.9 Å². The summed E-state index contributed by atoms with van der Waals surface area (Å²) in [6.45, 7) is 5.01. The zero-order valence-electron chi connectivity index (χ0n) is 14.3. The van der Waals surface area contributed by atoms with Gasteiger partial charge >= 0.3 is 0 Å². The molecule has 4 heteroatoms. The molecule has 2 rings (SSSR count). The van der Waals surface area contributed by atoms with E-state index in [9.17, 15) is 4.79 Å². The van der Waals surface area contributed by atoms with Crippen molar-refractivity contribution in [1.29, 1.82) is 0 Å².